The molecule has 1 aromatic heterocycles. The third-order valence-corrected chi connectivity index (χ3v) is 3.10. The Kier molecular flexibility index (Phi) is 4.16. The summed E-state index contributed by atoms with van der Waals surface area (Å²) in [6.45, 7) is 1.90. The Labute approximate surface area is 119 Å². The molecular weight excluding hydrogens is 308 g/mol. The summed E-state index contributed by atoms with van der Waals surface area (Å²) in [6, 6.07) is 8.98. The van der Waals surface area contributed by atoms with E-state index in [9.17, 15) is 4.79 Å². The van der Waals surface area contributed by atoms with E-state index in [0.717, 1.165) is 10.0 Å². The van der Waals surface area contributed by atoms with Crippen LogP contribution in [0.2, 0.25) is 0 Å². The number of hydrogen-bond donors (Lipinski definition) is 1. The van der Waals surface area contributed by atoms with Crippen molar-refractivity contribution in [2.24, 2.45) is 0 Å². The number of anilines is 1. The highest BCUT2D eigenvalue weighted by atomic mass is 79.9. The highest BCUT2D eigenvalue weighted by Crippen LogP contribution is 2.23. The molecule has 0 aliphatic rings. The second kappa shape index (κ2) is 5.84. The quantitative estimate of drug-likeness (QED) is 0.942. The number of para-hydroxylation sites is 1. The number of aromatic nitrogens is 1. The molecule has 19 heavy (non-hydrogen) atoms. The number of carbonyl (C=O) groups is 1. The van der Waals surface area contributed by atoms with E-state index in [0.29, 0.717) is 17.1 Å². The van der Waals surface area contributed by atoms with E-state index in [-0.39, 0.29) is 5.91 Å². The fourth-order valence-corrected chi connectivity index (χ4v) is 1.97. The molecule has 0 bridgehead atoms. The lowest BCUT2D eigenvalue weighted by molar-refractivity contribution is 0.102. The minimum absolute atomic E-state index is 0.240. The second-order valence-electron chi connectivity index (χ2n) is 3.97. The van der Waals surface area contributed by atoms with Gasteiger partial charge in [0.1, 0.15) is 11.6 Å². The van der Waals surface area contributed by atoms with Crippen molar-refractivity contribution in [3.63, 3.8) is 0 Å². The molecule has 2 rings (SSSR count). The zero-order valence-electron chi connectivity index (χ0n) is 10.6. The first-order valence-electron chi connectivity index (χ1n) is 5.68. The van der Waals surface area contributed by atoms with Crippen LogP contribution in [0.25, 0.3) is 0 Å². The molecule has 0 aliphatic carbocycles. The molecule has 4 nitrogen and oxygen atoms in total. The highest BCUT2D eigenvalue weighted by Gasteiger charge is 2.14. The van der Waals surface area contributed by atoms with E-state index >= 15 is 0 Å². The van der Waals surface area contributed by atoms with Crippen LogP contribution in [-0.4, -0.2) is 18.0 Å². The van der Waals surface area contributed by atoms with Crippen molar-refractivity contribution in [1.29, 1.82) is 0 Å². The molecule has 0 radical (unpaired) electrons. The van der Waals surface area contributed by atoms with Crippen LogP contribution < -0.4 is 10.1 Å². The molecule has 0 saturated carbocycles. The van der Waals surface area contributed by atoms with Gasteiger partial charge in [-0.15, -0.1) is 0 Å². The van der Waals surface area contributed by atoms with Gasteiger partial charge < -0.3 is 10.1 Å². The van der Waals surface area contributed by atoms with Gasteiger partial charge in [0.15, 0.2) is 0 Å². The van der Waals surface area contributed by atoms with Crippen LogP contribution in [0.15, 0.2) is 41.0 Å². The number of nitrogens with one attached hydrogen (secondary N) is 1. The standard InChI is InChI=1S/C14H13BrN2O2/c1-9-4-3-5-11(13(9)19-2)14(18)17-12-7-6-10(15)8-16-12/h3-8H,1-2H3,(H,16,17,18). The number of hydrogen-bond acceptors (Lipinski definition) is 3. The predicted octanol–water partition coefficient (Wildman–Crippen LogP) is 3.41. The molecule has 0 spiro atoms. The molecule has 2 aromatic rings. The summed E-state index contributed by atoms with van der Waals surface area (Å²) in [7, 11) is 1.55. The van der Waals surface area contributed by atoms with E-state index in [1.165, 1.54) is 0 Å². The van der Waals surface area contributed by atoms with Gasteiger partial charge in [-0.2, -0.15) is 0 Å². The third kappa shape index (κ3) is 3.12. The lowest BCUT2D eigenvalue weighted by Gasteiger charge is -2.11. The Morgan fingerprint density at radius 1 is 1.32 bits per heavy atom. The average Bonchev–Trinajstić information content (AvgIpc) is 2.41. The van der Waals surface area contributed by atoms with Gasteiger partial charge in [0.25, 0.3) is 5.91 Å². The van der Waals surface area contributed by atoms with Crippen LogP contribution in [0, 0.1) is 6.92 Å². The molecule has 5 heteroatoms. The fourth-order valence-electron chi connectivity index (χ4n) is 1.74. The van der Waals surface area contributed by atoms with E-state index in [4.69, 9.17) is 4.74 Å². The van der Waals surface area contributed by atoms with E-state index in [2.05, 4.69) is 26.2 Å². The molecule has 0 atom stereocenters. The number of methoxy groups -OCH3 is 1. The van der Waals surface area contributed by atoms with E-state index in [1.54, 1.807) is 25.4 Å². The van der Waals surface area contributed by atoms with Crippen LogP contribution >= 0.6 is 15.9 Å². The molecule has 0 aliphatic heterocycles. The summed E-state index contributed by atoms with van der Waals surface area (Å²) < 4.78 is 6.13. The Balaban J connectivity index is 2.25. The monoisotopic (exact) mass is 320 g/mol. The van der Waals surface area contributed by atoms with Crippen LogP contribution in [0.3, 0.4) is 0 Å². The zero-order valence-corrected chi connectivity index (χ0v) is 12.2. The van der Waals surface area contributed by atoms with Crippen molar-refractivity contribution in [3.8, 4) is 5.75 Å². The number of benzene rings is 1. The molecular formula is C14H13BrN2O2. The van der Waals surface area contributed by atoms with Crippen molar-refractivity contribution < 1.29 is 9.53 Å². The lowest BCUT2D eigenvalue weighted by Crippen LogP contribution is -2.14. The first-order valence-corrected chi connectivity index (χ1v) is 6.47. The van der Waals surface area contributed by atoms with Crippen LogP contribution in [0.4, 0.5) is 5.82 Å². The first-order chi connectivity index (χ1) is 9.11. The number of halogens is 1. The molecule has 0 saturated heterocycles. The molecule has 0 fully saturated rings. The summed E-state index contributed by atoms with van der Waals surface area (Å²) in [5.74, 6) is 0.837. The van der Waals surface area contributed by atoms with E-state index in [1.807, 2.05) is 25.1 Å². The maximum Gasteiger partial charge on any atom is 0.260 e. The molecule has 1 N–H and O–H groups in total. The Hall–Kier alpha value is -1.88. The highest BCUT2D eigenvalue weighted by molar-refractivity contribution is 9.10. The molecule has 1 aromatic carbocycles. The van der Waals surface area contributed by atoms with Gasteiger partial charge in [-0.1, -0.05) is 12.1 Å². The van der Waals surface area contributed by atoms with Crippen LogP contribution in [-0.2, 0) is 0 Å². The summed E-state index contributed by atoms with van der Waals surface area (Å²) in [5, 5.41) is 2.74. The Morgan fingerprint density at radius 2 is 2.11 bits per heavy atom. The smallest absolute Gasteiger partial charge is 0.260 e. The van der Waals surface area contributed by atoms with Gasteiger partial charge in [0.2, 0.25) is 0 Å². The van der Waals surface area contributed by atoms with Crippen molar-refractivity contribution in [2.45, 2.75) is 6.92 Å². The van der Waals surface area contributed by atoms with E-state index < -0.39 is 0 Å². The minimum Gasteiger partial charge on any atom is -0.496 e. The molecule has 98 valence electrons. The van der Waals surface area contributed by atoms with Gasteiger partial charge in [0, 0.05) is 10.7 Å². The van der Waals surface area contributed by atoms with Gasteiger partial charge in [-0.3, -0.25) is 4.79 Å². The van der Waals surface area contributed by atoms with Crippen molar-refractivity contribution in [3.05, 3.63) is 52.1 Å². The van der Waals surface area contributed by atoms with Crippen LogP contribution in [0.5, 0.6) is 5.75 Å². The van der Waals surface area contributed by atoms with Gasteiger partial charge >= 0.3 is 0 Å². The summed E-state index contributed by atoms with van der Waals surface area (Å²) in [6.07, 6.45) is 1.63. The number of rotatable bonds is 3. The Bertz CT molecular complexity index is 597. The van der Waals surface area contributed by atoms with Gasteiger partial charge in [0.05, 0.1) is 12.7 Å². The maximum absolute atomic E-state index is 12.2. The topological polar surface area (TPSA) is 51.2 Å². The zero-order chi connectivity index (χ0) is 13.8. The number of aryl methyl sites for hydroxylation is 1. The van der Waals surface area contributed by atoms with Crippen LogP contribution in [0.1, 0.15) is 15.9 Å². The van der Waals surface area contributed by atoms with Crippen molar-refractivity contribution >= 4 is 27.7 Å². The number of ether oxygens (including phenoxy) is 1. The lowest BCUT2D eigenvalue weighted by atomic mass is 10.1. The normalized spacial score (nSPS) is 10.1. The Morgan fingerprint density at radius 3 is 2.74 bits per heavy atom. The molecule has 0 unspecified atom stereocenters. The number of pyridine rings is 1. The van der Waals surface area contributed by atoms with Crippen molar-refractivity contribution in [1.82, 2.24) is 4.98 Å². The number of carbonyl (C=O) groups excluding carboxylic acids is 1. The summed E-state index contributed by atoms with van der Waals surface area (Å²) in [4.78, 5) is 16.3. The predicted molar refractivity (Wildman–Crippen MR) is 77.6 cm³/mol. The van der Waals surface area contributed by atoms with Gasteiger partial charge in [-0.25, -0.2) is 4.98 Å². The number of amides is 1. The van der Waals surface area contributed by atoms with Crippen molar-refractivity contribution in [2.75, 3.05) is 12.4 Å². The molecule has 1 heterocycles. The SMILES string of the molecule is COc1c(C)cccc1C(=O)Nc1ccc(Br)cn1. The average molecular weight is 321 g/mol. The summed E-state index contributed by atoms with van der Waals surface area (Å²) >= 11 is 3.29. The largest absolute Gasteiger partial charge is 0.496 e. The number of nitrogens with zero attached hydrogens (tertiary/aromatic N) is 1. The minimum atomic E-state index is -0.240. The fraction of sp³-hybridized carbons (Fsp3) is 0.143. The third-order valence-electron chi connectivity index (χ3n) is 2.63. The second-order valence-corrected chi connectivity index (χ2v) is 4.89. The first kappa shape index (κ1) is 13.5. The maximum atomic E-state index is 12.2. The van der Waals surface area contributed by atoms with Gasteiger partial charge in [-0.05, 0) is 46.6 Å². The summed E-state index contributed by atoms with van der Waals surface area (Å²) in [5.41, 5.74) is 1.41. The molecule has 1 amide bonds.